The highest BCUT2D eigenvalue weighted by molar-refractivity contribution is 5.92. The average molecular weight is 312 g/mol. The second kappa shape index (κ2) is 7.09. The van der Waals surface area contributed by atoms with E-state index in [0.717, 1.165) is 24.6 Å². The summed E-state index contributed by atoms with van der Waals surface area (Å²) in [5.41, 5.74) is 1.45. The number of benzene rings is 1. The van der Waals surface area contributed by atoms with Gasteiger partial charge in [-0.1, -0.05) is 18.2 Å². The summed E-state index contributed by atoms with van der Waals surface area (Å²) in [4.78, 5) is 23.0. The van der Waals surface area contributed by atoms with Crippen LogP contribution in [0.5, 0.6) is 5.75 Å². The fraction of sp³-hybridized carbons (Fsp3) is 0.353. The van der Waals surface area contributed by atoms with Crippen LogP contribution in [0.25, 0.3) is 0 Å². The van der Waals surface area contributed by atoms with E-state index in [1.54, 1.807) is 19.5 Å². The third-order valence-electron chi connectivity index (χ3n) is 3.85. The van der Waals surface area contributed by atoms with Crippen LogP contribution in [0.1, 0.15) is 18.4 Å². The van der Waals surface area contributed by atoms with Gasteiger partial charge < -0.3 is 15.0 Å². The van der Waals surface area contributed by atoms with Gasteiger partial charge in [-0.15, -0.1) is 0 Å². The second-order valence-electron chi connectivity index (χ2n) is 5.50. The van der Waals surface area contributed by atoms with Gasteiger partial charge in [-0.2, -0.15) is 0 Å². The SMILES string of the molecule is COc1ccccc1CC(=O)Nc1cnc(N2CCCC2)nc1. The van der Waals surface area contributed by atoms with Gasteiger partial charge in [0.05, 0.1) is 31.6 Å². The molecule has 1 aromatic heterocycles. The van der Waals surface area contributed by atoms with E-state index in [4.69, 9.17) is 4.74 Å². The van der Waals surface area contributed by atoms with Crippen molar-refractivity contribution in [2.75, 3.05) is 30.4 Å². The summed E-state index contributed by atoms with van der Waals surface area (Å²) in [7, 11) is 1.60. The van der Waals surface area contributed by atoms with E-state index in [2.05, 4.69) is 20.2 Å². The highest BCUT2D eigenvalue weighted by atomic mass is 16.5. The molecule has 6 nitrogen and oxygen atoms in total. The molecule has 1 aliphatic rings. The van der Waals surface area contributed by atoms with Gasteiger partial charge in [-0.05, 0) is 18.9 Å². The van der Waals surface area contributed by atoms with Gasteiger partial charge in [0.25, 0.3) is 0 Å². The molecule has 2 heterocycles. The summed E-state index contributed by atoms with van der Waals surface area (Å²) in [6.07, 6.45) is 5.92. The smallest absolute Gasteiger partial charge is 0.229 e. The van der Waals surface area contributed by atoms with E-state index in [1.807, 2.05) is 24.3 Å². The molecule has 1 aliphatic heterocycles. The zero-order chi connectivity index (χ0) is 16.1. The lowest BCUT2D eigenvalue weighted by molar-refractivity contribution is -0.115. The Kier molecular flexibility index (Phi) is 4.71. The minimum Gasteiger partial charge on any atom is -0.496 e. The van der Waals surface area contributed by atoms with Crippen LogP contribution in [0.3, 0.4) is 0 Å². The van der Waals surface area contributed by atoms with Crippen LogP contribution >= 0.6 is 0 Å². The van der Waals surface area contributed by atoms with E-state index < -0.39 is 0 Å². The molecule has 0 spiro atoms. The maximum atomic E-state index is 12.2. The third-order valence-corrected chi connectivity index (χ3v) is 3.85. The van der Waals surface area contributed by atoms with Gasteiger partial charge in [0, 0.05) is 18.7 Å². The zero-order valence-corrected chi connectivity index (χ0v) is 13.2. The van der Waals surface area contributed by atoms with Gasteiger partial charge in [-0.3, -0.25) is 4.79 Å². The summed E-state index contributed by atoms with van der Waals surface area (Å²) in [5.74, 6) is 1.32. The summed E-state index contributed by atoms with van der Waals surface area (Å²) in [5, 5.41) is 2.82. The molecule has 1 N–H and O–H groups in total. The number of ether oxygens (including phenoxy) is 1. The fourth-order valence-electron chi connectivity index (χ4n) is 2.69. The van der Waals surface area contributed by atoms with Gasteiger partial charge in [0.15, 0.2) is 0 Å². The molecule has 6 heteroatoms. The van der Waals surface area contributed by atoms with E-state index >= 15 is 0 Å². The van der Waals surface area contributed by atoms with Crippen molar-refractivity contribution in [3.63, 3.8) is 0 Å². The topological polar surface area (TPSA) is 67.3 Å². The molecule has 0 radical (unpaired) electrons. The lowest BCUT2D eigenvalue weighted by Gasteiger charge is -2.14. The molecule has 0 aliphatic carbocycles. The molecule has 1 amide bonds. The van der Waals surface area contributed by atoms with Gasteiger partial charge >= 0.3 is 0 Å². The van der Waals surface area contributed by atoms with Crippen molar-refractivity contribution in [1.82, 2.24) is 9.97 Å². The number of methoxy groups -OCH3 is 1. The quantitative estimate of drug-likeness (QED) is 0.917. The Morgan fingerprint density at radius 1 is 1.22 bits per heavy atom. The van der Waals surface area contributed by atoms with Crippen LogP contribution in [0.15, 0.2) is 36.7 Å². The first-order valence-corrected chi connectivity index (χ1v) is 7.75. The minimum atomic E-state index is -0.118. The van der Waals surface area contributed by atoms with Gasteiger partial charge in [0.1, 0.15) is 5.75 Å². The normalized spacial score (nSPS) is 13.9. The second-order valence-corrected chi connectivity index (χ2v) is 5.50. The fourth-order valence-corrected chi connectivity index (χ4v) is 2.69. The van der Waals surface area contributed by atoms with Crippen molar-refractivity contribution in [3.8, 4) is 5.75 Å². The molecule has 120 valence electrons. The van der Waals surface area contributed by atoms with Crippen molar-refractivity contribution in [2.45, 2.75) is 19.3 Å². The Balaban J connectivity index is 1.61. The molecule has 3 rings (SSSR count). The van der Waals surface area contributed by atoms with Crippen molar-refractivity contribution in [3.05, 3.63) is 42.2 Å². The van der Waals surface area contributed by atoms with Crippen molar-refractivity contribution in [1.29, 1.82) is 0 Å². The van der Waals surface area contributed by atoms with Crippen LogP contribution in [0.4, 0.5) is 11.6 Å². The first-order chi connectivity index (χ1) is 11.3. The highest BCUT2D eigenvalue weighted by Gasteiger charge is 2.15. The predicted octanol–water partition coefficient (Wildman–Crippen LogP) is 2.27. The number of rotatable bonds is 5. The van der Waals surface area contributed by atoms with Crippen LogP contribution in [0.2, 0.25) is 0 Å². The molecular formula is C17H20N4O2. The maximum Gasteiger partial charge on any atom is 0.229 e. The number of amides is 1. The molecule has 0 saturated carbocycles. The number of hydrogen-bond donors (Lipinski definition) is 1. The van der Waals surface area contributed by atoms with Crippen molar-refractivity contribution in [2.24, 2.45) is 0 Å². The van der Waals surface area contributed by atoms with Crippen LogP contribution in [0, 0.1) is 0 Å². The molecule has 1 fully saturated rings. The summed E-state index contributed by atoms with van der Waals surface area (Å²) < 4.78 is 5.26. The number of carbonyl (C=O) groups excluding carboxylic acids is 1. The van der Waals surface area contributed by atoms with Crippen molar-refractivity contribution >= 4 is 17.5 Å². The Labute approximate surface area is 135 Å². The third kappa shape index (κ3) is 3.77. The lowest BCUT2D eigenvalue weighted by Crippen LogP contribution is -2.21. The lowest BCUT2D eigenvalue weighted by atomic mass is 10.1. The summed E-state index contributed by atoms with van der Waals surface area (Å²) >= 11 is 0. The first kappa shape index (κ1) is 15.3. The van der Waals surface area contributed by atoms with Gasteiger partial charge in [-0.25, -0.2) is 9.97 Å². The van der Waals surface area contributed by atoms with E-state index in [9.17, 15) is 4.79 Å². The number of nitrogens with zero attached hydrogens (tertiary/aromatic N) is 3. The molecule has 23 heavy (non-hydrogen) atoms. The minimum absolute atomic E-state index is 0.118. The Morgan fingerprint density at radius 3 is 2.61 bits per heavy atom. The van der Waals surface area contributed by atoms with Crippen LogP contribution in [-0.4, -0.2) is 36.1 Å². The monoisotopic (exact) mass is 312 g/mol. The molecule has 0 atom stereocenters. The van der Waals surface area contributed by atoms with E-state index in [1.165, 1.54) is 12.8 Å². The van der Waals surface area contributed by atoms with E-state index in [0.29, 0.717) is 11.4 Å². The molecular weight excluding hydrogens is 292 g/mol. The molecule has 0 unspecified atom stereocenters. The summed E-state index contributed by atoms with van der Waals surface area (Å²) in [6, 6.07) is 7.49. The van der Waals surface area contributed by atoms with Crippen LogP contribution in [-0.2, 0) is 11.2 Å². The number of hydrogen-bond acceptors (Lipinski definition) is 5. The van der Waals surface area contributed by atoms with E-state index in [-0.39, 0.29) is 12.3 Å². The summed E-state index contributed by atoms with van der Waals surface area (Å²) in [6.45, 7) is 2.00. The zero-order valence-electron chi connectivity index (χ0n) is 13.2. The molecule has 0 bridgehead atoms. The Hall–Kier alpha value is -2.63. The Morgan fingerprint density at radius 2 is 1.91 bits per heavy atom. The number of nitrogens with one attached hydrogen (secondary N) is 1. The molecule has 2 aromatic rings. The van der Waals surface area contributed by atoms with Gasteiger partial charge in [0.2, 0.25) is 11.9 Å². The highest BCUT2D eigenvalue weighted by Crippen LogP contribution is 2.19. The number of para-hydroxylation sites is 1. The first-order valence-electron chi connectivity index (χ1n) is 7.75. The average Bonchev–Trinajstić information content (AvgIpc) is 3.10. The number of carbonyl (C=O) groups is 1. The standard InChI is InChI=1S/C17H20N4O2/c1-23-15-7-3-2-6-13(15)10-16(22)20-14-11-18-17(19-12-14)21-8-4-5-9-21/h2-3,6-7,11-12H,4-5,8-10H2,1H3,(H,20,22). The largest absolute Gasteiger partial charge is 0.496 e. The number of anilines is 2. The molecule has 1 aromatic carbocycles. The molecule has 1 saturated heterocycles. The predicted molar refractivity (Wildman–Crippen MR) is 88.8 cm³/mol. The number of aromatic nitrogens is 2. The maximum absolute atomic E-state index is 12.2. The van der Waals surface area contributed by atoms with Crippen LogP contribution < -0.4 is 15.0 Å². The Bertz CT molecular complexity index is 667. The van der Waals surface area contributed by atoms with Crippen molar-refractivity contribution < 1.29 is 9.53 Å².